The summed E-state index contributed by atoms with van der Waals surface area (Å²) < 4.78 is 1.84. The van der Waals surface area contributed by atoms with Crippen molar-refractivity contribution in [3.63, 3.8) is 0 Å². The van der Waals surface area contributed by atoms with Gasteiger partial charge < -0.3 is 14.4 Å². The van der Waals surface area contributed by atoms with E-state index in [9.17, 15) is 9.59 Å². The maximum Gasteiger partial charge on any atom is 0.294 e. The van der Waals surface area contributed by atoms with Crippen LogP contribution in [0, 0.1) is 5.92 Å². The summed E-state index contributed by atoms with van der Waals surface area (Å²) in [6.45, 7) is 9.51. The highest BCUT2D eigenvalue weighted by atomic mass is 16.2. The van der Waals surface area contributed by atoms with Gasteiger partial charge in [0.2, 0.25) is 5.91 Å². The first-order valence-corrected chi connectivity index (χ1v) is 9.53. The van der Waals surface area contributed by atoms with Crippen molar-refractivity contribution >= 4 is 22.8 Å². The van der Waals surface area contributed by atoms with Crippen molar-refractivity contribution in [2.45, 2.75) is 40.2 Å². The lowest BCUT2D eigenvalue weighted by Gasteiger charge is -2.35. The van der Waals surface area contributed by atoms with Gasteiger partial charge in [0, 0.05) is 39.1 Å². The van der Waals surface area contributed by atoms with Crippen molar-refractivity contribution in [3.8, 4) is 0 Å². The number of piperazine rings is 1. The number of fused-ring (bicyclic) bond motifs is 1. The SMILES string of the molecule is CCCC(=O)N1CCN(c2nc3ccccc3n(CC(C)C)c2=O)CC1. The Morgan fingerprint density at radius 3 is 2.50 bits per heavy atom. The molecule has 0 spiro atoms. The molecule has 3 rings (SSSR count). The predicted octanol–water partition coefficient (Wildman–Crippen LogP) is 2.50. The number of carbonyl (C=O) groups excluding carboxylic acids is 1. The average molecular weight is 356 g/mol. The van der Waals surface area contributed by atoms with Gasteiger partial charge in [-0.25, -0.2) is 4.98 Å². The van der Waals surface area contributed by atoms with Crippen LogP contribution < -0.4 is 10.5 Å². The lowest BCUT2D eigenvalue weighted by molar-refractivity contribution is -0.131. The van der Waals surface area contributed by atoms with Gasteiger partial charge in [0.25, 0.3) is 5.56 Å². The van der Waals surface area contributed by atoms with Crippen LogP contribution in [0.25, 0.3) is 11.0 Å². The number of rotatable bonds is 5. The Labute approximate surface area is 154 Å². The smallest absolute Gasteiger partial charge is 0.294 e. The minimum absolute atomic E-state index is 0.0364. The zero-order chi connectivity index (χ0) is 18.7. The number of benzene rings is 1. The van der Waals surface area contributed by atoms with Crippen molar-refractivity contribution in [3.05, 3.63) is 34.6 Å². The second-order valence-electron chi connectivity index (χ2n) is 7.35. The Kier molecular flexibility index (Phi) is 5.59. The number of hydrogen-bond acceptors (Lipinski definition) is 4. The van der Waals surface area contributed by atoms with Crippen LogP contribution >= 0.6 is 0 Å². The Bertz CT molecular complexity index is 835. The van der Waals surface area contributed by atoms with E-state index in [4.69, 9.17) is 0 Å². The lowest BCUT2D eigenvalue weighted by atomic mass is 10.2. The summed E-state index contributed by atoms with van der Waals surface area (Å²) in [6.07, 6.45) is 1.46. The highest BCUT2D eigenvalue weighted by Gasteiger charge is 2.24. The number of para-hydroxylation sites is 2. The first-order valence-electron chi connectivity index (χ1n) is 9.53. The molecular formula is C20H28N4O2. The molecule has 1 aromatic heterocycles. The Morgan fingerprint density at radius 2 is 1.85 bits per heavy atom. The summed E-state index contributed by atoms with van der Waals surface area (Å²) in [5.74, 6) is 1.08. The van der Waals surface area contributed by atoms with Crippen LogP contribution in [0.15, 0.2) is 29.1 Å². The van der Waals surface area contributed by atoms with Crippen molar-refractivity contribution < 1.29 is 4.79 Å². The topological polar surface area (TPSA) is 58.4 Å². The predicted molar refractivity (Wildman–Crippen MR) is 105 cm³/mol. The van der Waals surface area contributed by atoms with E-state index < -0.39 is 0 Å². The summed E-state index contributed by atoms with van der Waals surface area (Å²) in [7, 11) is 0. The Hall–Kier alpha value is -2.37. The van der Waals surface area contributed by atoms with Gasteiger partial charge in [-0.2, -0.15) is 0 Å². The molecule has 0 aliphatic carbocycles. The quantitative estimate of drug-likeness (QED) is 0.826. The van der Waals surface area contributed by atoms with Crippen LogP contribution in [0.3, 0.4) is 0 Å². The number of carbonyl (C=O) groups is 1. The third kappa shape index (κ3) is 3.74. The van der Waals surface area contributed by atoms with Crippen LogP contribution in [0.2, 0.25) is 0 Å². The molecule has 0 N–H and O–H groups in total. The molecule has 1 aliphatic heterocycles. The van der Waals surface area contributed by atoms with Crippen LogP contribution in [0.1, 0.15) is 33.6 Å². The van der Waals surface area contributed by atoms with E-state index in [2.05, 4.69) is 18.8 Å². The molecule has 1 aliphatic rings. The Balaban J connectivity index is 1.90. The van der Waals surface area contributed by atoms with E-state index in [-0.39, 0.29) is 11.5 Å². The number of aromatic nitrogens is 2. The lowest BCUT2D eigenvalue weighted by Crippen LogP contribution is -2.50. The van der Waals surface area contributed by atoms with Gasteiger partial charge in [-0.3, -0.25) is 9.59 Å². The molecule has 26 heavy (non-hydrogen) atoms. The zero-order valence-corrected chi connectivity index (χ0v) is 15.9. The summed E-state index contributed by atoms with van der Waals surface area (Å²) in [6, 6.07) is 7.80. The van der Waals surface area contributed by atoms with Crippen molar-refractivity contribution in [2.24, 2.45) is 5.92 Å². The third-order valence-electron chi connectivity index (χ3n) is 4.78. The second kappa shape index (κ2) is 7.89. The molecule has 1 amide bonds. The minimum atomic E-state index is -0.0364. The summed E-state index contributed by atoms with van der Waals surface area (Å²) in [4.78, 5) is 33.8. The molecule has 0 atom stereocenters. The highest BCUT2D eigenvalue weighted by Crippen LogP contribution is 2.17. The monoisotopic (exact) mass is 356 g/mol. The minimum Gasteiger partial charge on any atom is -0.348 e. The fourth-order valence-corrected chi connectivity index (χ4v) is 3.47. The Morgan fingerprint density at radius 1 is 1.15 bits per heavy atom. The van der Waals surface area contributed by atoms with Gasteiger partial charge in [-0.15, -0.1) is 0 Å². The van der Waals surface area contributed by atoms with E-state index in [0.29, 0.717) is 50.9 Å². The maximum atomic E-state index is 13.1. The van der Waals surface area contributed by atoms with Crippen LogP contribution in [0.5, 0.6) is 0 Å². The molecule has 0 saturated carbocycles. The third-order valence-corrected chi connectivity index (χ3v) is 4.78. The van der Waals surface area contributed by atoms with Gasteiger partial charge in [0.15, 0.2) is 5.82 Å². The number of anilines is 1. The van der Waals surface area contributed by atoms with Gasteiger partial charge in [-0.1, -0.05) is 32.9 Å². The number of hydrogen-bond donors (Lipinski definition) is 0. The molecule has 6 heteroatoms. The maximum absolute atomic E-state index is 13.1. The summed E-state index contributed by atoms with van der Waals surface area (Å²) in [5, 5.41) is 0. The van der Waals surface area contributed by atoms with Gasteiger partial charge in [0.05, 0.1) is 11.0 Å². The number of amides is 1. The van der Waals surface area contributed by atoms with Gasteiger partial charge in [0.1, 0.15) is 0 Å². The van der Waals surface area contributed by atoms with E-state index in [0.717, 1.165) is 17.5 Å². The van der Waals surface area contributed by atoms with Crippen molar-refractivity contribution in [1.29, 1.82) is 0 Å². The van der Waals surface area contributed by atoms with E-state index in [1.165, 1.54) is 0 Å². The molecule has 2 aromatic rings. The molecule has 2 heterocycles. The molecule has 0 bridgehead atoms. The van der Waals surface area contributed by atoms with Crippen LogP contribution in [0.4, 0.5) is 5.82 Å². The van der Waals surface area contributed by atoms with E-state index >= 15 is 0 Å². The molecule has 6 nitrogen and oxygen atoms in total. The van der Waals surface area contributed by atoms with Crippen molar-refractivity contribution in [2.75, 3.05) is 31.1 Å². The van der Waals surface area contributed by atoms with Gasteiger partial charge >= 0.3 is 0 Å². The molecule has 1 saturated heterocycles. The molecular weight excluding hydrogens is 328 g/mol. The molecule has 0 radical (unpaired) electrons. The molecule has 1 aromatic carbocycles. The molecule has 1 fully saturated rings. The van der Waals surface area contributed by atoms with Crippen LogP contribution in [-0.4, -0.2) is 46.5 Å². The standard InChI is InChI=1S/C20H28N4O2/c1-4-7-18(25)22-10-12-23(13-11-22)19-20(26)24(14-15(2)3)17-9-6-5-8-16(17)21-19/h5-6,8-9,15H,4,7,10-14H2,1-3H3. The van der Waals surface area contributed by atoms with E-state index in [1.807, 2.05) is 45.6 Å². The summed E-state index contributed by atoms with van der Waals surface area (Å²) >= 11 is 0. The van der Waals surface area contributed by atoms with Gasteiger partial charge in [-0.05, 0) is 24.5 Å². The molecule has 0 unspecified atom stereocenters. The zero-order valence-electron chi connectivity index (χ0n) is 15.9. The first-order chi connectivity index (χ1) is 12.5. The van der Waals surface area contributed by atoms with E-state index in [1.54, 1.807) is 0 Å². The normalized spacial score (nSPS) is 15.1. The van der Waals surface area contributed by atoms with Crippen molar-refractivity contribution in [1.82, 2.24) is 14.5 Å². The fourth-order valence-electron chi connectivity index (χ4n) is 3.47. The summed E-state index contributed by atoms with van der Waals surface area (Å²) in [5.41, 5.74) is 1.68. The number of nitrogens with zero attached hydrogens (tertiary/aromatic N) is 4. The van der Waals surface area contributed by atoms with Crippen LogP contribution in [-0.2, 0) is 11.3 Å². The fraction of sp³-hybridized carbons (Fsp3) is 0.550. The average Bonchev–Trinajstić information content (AvgIpc) is 2.64. The highest BCUT2D eigenvalue weighted by molar-refractivity contribution is 5.77. The molecule has 140 valence electrons. The first kappa shape index (κ1) is 18.4. The second-order valence-corrected chi connectivity index (χ2v) is 7.35. The largest absolute Gasteiger partial charge is 0.348 e.